The van der Waals surface area contributed by atoms with Crippen LogP contribution in [0.1, 0.15) is 30.0 Å². The fourth-order valence-corrected chi connectivity index (χ4v) is 3.18. The Balaban J connectivity index is 2.10. The zero-order valence-corrected chi connectivity index (χ0v) is 18.5. The molecule has 0 atom stereocenters. The highest BCUT2D eigenvalue weighted by molar-refractivity contribution is 5.81. The Kier molecular flexibility index (Phi) is 7.57. The van der Waals surface area contributed by atoms with E-state index in [-0.39, 0.29) is 24.5 Å². The van der Waals surface area contributed by atoms with E-state index >= 15 is 0 Å². The van der Waals surface area contributed by atoms with E-state index in [1.165, 1.54) is 4.57 Å². The number of aliphatic hydroxyl groups is 1. The van der Waals surface area contributed by atoms with E-state index in [1.807, 2.05) is 61.5 Å². The molecule has 0 amide bonds. The summed E-state index contributed by atoms with van der Waals surface area (Å²) in [5, 5.41) is 9.15. The monoisotopic (exact) mass is 433 g/mol. The molecule has 0 aliphatic rings. The first-order valence-electron chi connectivity index (χ1n) is 10.4. The normalized spacial score (nSPS) is 11.8. The molecule has 0 radical (unpaired) electrons. The summed E-state index contributed by atoms with van der Waals surface area (Å²) in [6, 6.07) is 17.1. The fraction of sp³-hybridized carbons (Fsp3) is 0.240. The standard InChI is InChI=1S/C25H27N3O4/c1-18-10-13-21(14-11-18)32-19(2)26-23-22(15-12-20-8-5-4-6-9-20)24(30)28(16-7-17-29)25(31)27(23)3/h4-6,8-15,29H,7,16-17H2,1-3H3/b15-12+,26-19+. The smallest absolute Gasteiger partial charge is 0.332 e. The van der Waals surface area contributed by atoms with E-state index in [1.54, 1.807) is 26.1 Å². The van der Waals surface area contributed by atoms with E-state index in [2.05, 4.69) is 4.99 Å². The summed E-state index contributed by atoms with van der Waals surface area (Å²) in [7, 11) is 1.56. The van der Waals surface area contributed by atoms with Gasteiger partial charge in [0.1, 0.15) is 5.75 Å². The Morgan fingerprint density at radius 1 is 1.06 bits per heavy atom. The molecule has 1 heterocycles. The van der Waals surface area contributed by atoms with Gasteiger partial charge in [0.05, 0.1) is 5.56 Å². The first-order chi connectivity index (χ1) is 15.4. The van der Waals surface area contributed by atoms with E-state index in [0.29, 0.717) is 18.1 Å². The van der Waals surface area contributed by atoms with Crippen molar-refractivity contribution >= 4 is 23.9 Å². The first-order valence-corrected chi connectivity index (χ1v) is 10.4. The molecule has 32 heavy (non-hydrogen) atoms. The second-order valence-corrected chi connectivity index (χ2v) is 7.40. The molecular weight excluding hydrogens is 406 g/mol. The van der Waals surface area contributed by atoms with E-state index in [4.69, 9.17) is 9.84 Å². The number of benzene rings is 2. The summed E-state index contributed by atoms with van der Waals surface area (Å²) in [4.78, 5) is 30.5. The predicted octanol–water partition coefficient (Wildman–Crippen LogP) is 3.54. The summed E-state index contributed by atoms with van der Waals surface area (Å²) in [6.45, 7) is 3.66. The SMILES string of the molecule is C/C(=N\c1c(/C=C/c2ccccc2)c(=O)n(CCCO)c(=O)n1C)Oc1ccc(C)cc1. The van der Waals surface area contributed by atoms with Crippen molar-refractivity contribution in [2.75, 3.05) is 6.61 Å². The molecule has 0 unspecified atom stereocenters. The molecule has 7 nitrogen and oxygen atoms in total. The maximum absolute atomic E-state index is 13.2. The first kappa shape index (κ1) is 23.0. The van der Waals surface area contributed by atoms with Gasteiger partial charge in [-0.25, -0.2) is 4.79 Å². The highest BCUT2D eigenvalue weighted by Crippen LogP contribution is 2.19. The minimum absolute atomic E-state index is 0.117. The zero-order chi connectivity index (χ0) is 23.1. The van der Waals surface area contributed by atoms with Crippen LogP contribution in [0.3, 0.4) is 0 Å². The third-order valence-corrected chi connectivity index (χ3v) is 4.88. The van der Waals surface area contributed by atoms with Crippen LogP contribution in [-0.4, -0.2) is 26.7 Å². The van der Waals surface area contributed by atoms with Crippen LogP contribution in [0.5, 0.6) is 5.75 Å². The van der Waals surface area contributed by atoms with Crippen LogP contribution in [-0.2, 0) is 13.6 Å². The van der Waals surface area contributed by atoms with Gasteiger partial charge in [-0.15, -0.1) is 0 Å². The molecule has 3 aromatic rings. The van der Waals surface area contributed by atoms with Crippen molar-refractivity contribution in [2.45, 2.75) is 26.8 Å². The van der Waals surface area contributed by atoms with Gasteiger partial charge in [0, 0.05) is 27.1 Å². The van der Waals surface area contributed by atoms with Gasteiger partial charge in [-0.05, 0) is 37.1 Å². The van der Waals surface area contributed by atoms with Crippen LogP contribution < -0.4 is 16.0 Å². The Morgan fingerprint density at radius 3 is 2.41 bits per heavy atom. The van der Waals surface area contributed by atoms with Crippen molar-refractivity contribution in [1.29, 1.82) is 0 Å². The maximum Gasteiger partial charge on any atom is 0.332 e. The van der Waals surface area contributed by atoms with Crippen LogP contribution in [0.15, 0.2) is 69.2 Å². The largest absolute Gasteiger partial charge is 0.443 e. The Morgan fingerprint density at radius 2 is 1.75 bits per heavy atom. The van der Waals surface area contributed by atoms with Crippen LogP contribution in [0.4, 0.5) is 5.82 Å². The molecule has 0 aliphatic carbocycles. The van der Waals surface area contributed by atoms with Crippen molar-refractivity contribution in [2.24, 2.45) is 12.0 Å². The minimum atomic E-state index is -0.498. The van der Waals surface area contributed by atoms with Gasteiger partial charge in [-0.1, -0.05) is 54.1 Å². The number of nitrogens with zero attached hydrogens (tertiary/aromatic N) is 3. The average molecular weight is 434 g/mol. The minimum Gasteiger partial charge on any atom is -0.443 e. The quantitative estimate of drug-likeness (QED) is 0.456. The van der Waals surface area contributed by atoms with Crippen LogP contribution >= 0.6 is 0 Å². The van der Waals surface area contributed by atoms with Crippen LogP contribution in [0, 0.1) is 6.92 Å². The molecule has 0 bridgehead atoms. The lowest BCUT2D eigenvalue weighted by molar-refractivity contribution is 0.277. The molecule has 1 aromatic heterocycles. The van der Waals surface area contributed by atoms with Gasteiger partial charge in [-0.3, -0.25) is 13.9 Å². The number of hydrogen-bond donors (Lipinski definition) is 1. The average Bonchev–Trinajstić information content (AvgIpc) is 2.79. The lowest BCUT2D eigenvalue weighted by atomic mass is 10.1. The van der Waals surface area contributed by atoms with Crippen molar-refractivity contribution in [3.8, 4) is 5.75 Å². The fourth-order valence-electron chi connectivity index (χ4n) is 3.18. The summed E-state index contributed by atoms with van der Waals surface area (Å²) in [6.07, 6.45) is 3.76. The van der Waals surface area contributed by atoms with Gasteiger partial charge in [0.2, 0.25) is 0 Å². The lowest BCUT2D eigenvalue weighted by Crippen LogP contribution is -2.40. The molecule has 0 saturated carbocycles. The van der Waals surface area contributed by atoms with Crippen LogP contribution in [0.2, 0.25) is 0 Å². The van der Waals surface area contributed by atoms with Crippen molar-refractivity contribution in [1.82, 2.24) is 9.13 Å². The molecule has 7 heteroatoms. The number of aromatic nitrogens is 2. The number of aliphatic hydroxyl groups excluding tert-OH is 1. The maximum atomic E-state index is 13.2. The number of aliphatic imine (C=N–C) groups is 1. The van der Waals surface area contributed by atoms with Crippen molar-refractivity contribution in [3.05, 3.63) is 92.1 Å². The Hall–Kier alpha value is -3.71. The highest BCUT2D eigenvalue weighted by Gasteiger charge is 2.16. The third-order valence-electron chi connectivity index (χ3n) is 4.88. The number of hydrogen-bond acceptors (Lipinski definition) is 5. The molecule has 0 aliphatic heterocycles. The van der Waals surface area contributed by atoms with E-state index < -0.39 is 11.2 Å². The van der Waals surface area contributed by atoms with Crippen LogP contribution in [0.25, 0.3) is 12.2 Å². The van der Waals surface area contributed by atoms with E-state index in [0.717, 1.165) is 15.7 Å². The predicted molar refractivity (Wildman–Crippen MR) is 128 cm³/mol. The molecule has 1 N–H and O–H groups in total. The molecular formula is C25H27N3O4. The summed E-state index contributed by atoms with van der Waals surface area (Å²) < 4.78 is 8.24. The van der Waals surface area contributed by atoms with Crippen molar-refractivity contribution < 1.29 is 9.84 Å². The molecule has 0 fully saturated rings. The molecule has 166 valence electrons. The molecule has 2 aromatic carbocycles. The van der Waals surface area contributed by atoms with Gasteiger partial charge >= 0.3 is 5.69 Å². The highest BCUT2D eigenvalue weighted by atomic mass is 16.5. The second kappa shape index (κ2) is 10.5. The Labute approximate surface area is 186 Å². The molecule has 0 spiro atoms. The zero-order valence-electron chi connectivity index (χ0n) is 18.5. The van der Waals surface area contributed by atoms with E-state index in [9.17, 15) is 9.59 Å². The number of ether oxygens (including phenoxy) is 1. The Bertz CT molecular complexity index is 1240. The molecule has 0 saturated heterocycles. The van der Waals surface area contributed by atoms with Gasteiger partial charge in [-0.2, -0.15) is 4.99 Å². The number of rotatable bonds is 7. The van der Waals surface area contributed by atoms with Gasteiger partial charge in [0.15, 0.2) is 11.7 Å². The van der Waals surface area contributed by atoms with Gasteiger partial charge in [0.25, 0.3) is 5.56 Å². The topological polar surface area (TPSA) is 85.8 Å². The summed E-state index contributed by atoms with van der Waals surface area (Å²) in [5.41, 5.74) is 1.32. The molecule has 3 rings (SSSR count). The summed E-state index contributed by atoms with van der Waals surface area (Å²) in [5.74, 6) is 1.11. The second-order valence-electron chi connectivity index (χ2n) is 7.40. The van der Waals surface area contributed by atoms with Gasteiger partial charge < -0.3 is 9.84 Å². The van der Waals surface area contributed by atoms with Crippen molar-refractivity contribution in [3.63, 3.8) is 0 Å². The number of aryl methyl sites for hydroxylation is 1. The lowest BCUT2D eigenvalue weighted by Gasteiger charge is -2.13. The third kappa shape index (κ3) is 5.50. The summed E-state index contributed by atoms with van der Waals surface area (Å²) >= 11 is 0.